The summed E-state index contributed by atoms with van der Waals surface area (Å²) in [6.45, 7) is 4.35. The minimum Gasteiger partial charge on any atom is -0.381 e. The number of likely N-dealkylation sites (N-methyl/N-ethyl adjacent to an activating group) is 1. The Morgan fingerprint density at radius 2 is 2.00 bits per heavy atom. The van der Waals surface area contributed by atoms with Gasteiger partial charge in [-0.15, -0.1) is 0 Å². The number of hydrogen-bond acceptors (Lipinski definition) is 4. The van der Waals surface area contributed by atoms with Gasteiger partial charge in [0.1, 0.15) is 0 Å². The fraction of sp³-hybridized carbons (Fsp3) is 0.571. The lowest BCUT2D eigenvalue weighted by Crippen LogP contribution is -2.39. The van der Waals surface area contributed by atoms with E-state index in [1.54, 1.807) is 19.1 Å². The van der Waals surface area contributed by atoms with Gasteiger partial charge in [-0.1, -0.05) is 6.92 Å². The van der Waals surface area contributed by atoms with Gasteiger partial charge >= 0.3 is 0 Å². The molecule has 2 rings (SSSR count). The first-order chi connectivity index (χ1) is 9.51. The number of nitrogens with zero attached hydrogens (tertiary/aromatic N) is 1. The molecule has 0 radical (unpaired) electrons. The Bertz CT molecular complexity index is 528. The van der Waals surface area contributed by atoms with Gasteiger partial charge in [0.15, 0.2) is 0 Å². The van der Waals surface area contributed by atoms with Crippen LogP contribution in [-0.4, -0.2) is 46.0 Å². The molecule has 0 aromatic heterocycles. The van der Waals surface area contributed by atoms with Gasteiger partial charge < -0.3 is 10.2 Å². The van der Waals surface area contributed by atoms with E-state index in [1.807, 2.05) is 12.1 Å². The molecule has 20 heavy (non-hydrogen) atoms. The van der Waals surface area contributed by atoms with Gasteiger partial charge in [0.25, 0.3) is 0 Å². The van der Waals surface area contributed by atoms with Crippen molar-refractivity contribution in [3.8, 4) is 0 Å². The van der Waals surface area contributed by atoms with Crippen molar-refractivity contribution in [3.05, 3.63) is 24.3 Å². The average Bonchev–Trinajstić information content (AvgIpc) is 2.39. The van der Waals surface area contributed by atoms with Crippen LogP contribution in [0.3, 0.4) is 0 Å². The summed E-state index contributed by atoms with van der Waals surface area (Å²) in [4.78, 5) is 2.62. The zero-order valence-electron chi connectivity index (χ0n) is 12.1. The Morgan fingerprint density at radius 1 is 1.30 bits per heavy atom. The van der Waals surface area contributed by atoms with Gasteiger partial charge in [-0.05, 0) is 50.7 Å². The van der Waals surface area contributed by atoms with Crippen molar-refractivity contribution in [2.75, 3.05) is 32.0 Å². The van der Waals surface area contributed by atoms with E-state index in [4.69, 9.17) is 0 Å². The van der Waals surface area contributed by atoms with Gasteiger partial charge in [0.2, 0.25) is 10.0 Å². The molecule has 1 atom stereocenters. The van der Waals surface area contributed by atoms with Crippen molar-refractivity contribution < 1.29 is 8.42 Å². The molecule has 112 valence electrons. The van der Waals surface area contributed by atoms with Crippen LogP contribution in [0.5, 0.6) is 0 Å². The molecule has 0 amide bonds. The van der Waals surface area contributed by atoms with Gasteiger partial charge in [-0.3, -0.25) is 0 Å². The second-order valence-electron chi connectivity index (χ2n) is 5.27. The minimum absolute atomic E-state index is 0.311. The van der Waals surface area contributed by atoms with Crippen LogP contribution < -0.4 is 10.0 Å². The third kappa shape index (κ3) is 3.94. The molecule has 1 aromatic carbocycles. The second-order valence-corrected chi connectivity index (χ2v) is 7.04. The molecule has 1 aliphatic heterocycles. The quantitative estimate of drug-likeness (QED) is 0.864. The number of benzene rings is 1. The summed E-state index contributed by atoms with van der Waals surface area (Å²) in [6.07, 6.45) is 2.35. The second kappa shape index (κ2) is 6.56. The predicted octanol–water partition coefficient (Wildman–Crippen LogP) is 1.49. The third-order valence-corrected chi connectivity index (χ3v) is 5.06. The summed E-state index contributed by atoms with van der Waals surface area (Å²) in [6, 6.07) is 7.39. The van der Waals surface area contributed by atoms with Crippen LogP contribution >= 0.6 is 0 Å². The zero-order chi connectivity index (χ0) is 14.6. The van der Waals surface area contributed by atoms with Crippen LogP contribution in [-0.2, 0) is 10.0 Å². The predicted molar refractivity (Wildman–Crippen MR) is 81.4 cm³/mol. The van der Waals surface area contributed by atoms with Crippen LogP contribution in [0, 0.1) is 0 Å². The maximum absolute atomic E-state index is 11.8. The molecule has 1 aliphatic rings. The van der Waals surface area contributed by atoms with E-state index in [-0.39, 0.29) is 0 Å². The Labute approximate surface area is 121 Å². The zero-order valence-corrected chi connectivity index (χ0v) is 12.9. The molecule has 1 heterocycles. The van der Waals surface area contributed by atoms with Gasteiger partial charge in [-0.25, -0.2) is 13.1 Å². The highest BCUT2D eigenvalue weighted by molar-refractivity contribution is 7.89. The van der Waals surface area contributed by atoms with Crippen molar-refractivity contribution in [2.24, 2.45) is 0 Å². The Kier molecular flexibility index (Phi) is 5.01. The number of likely N-dealkylation sites (tertiary alicyclic amines) is 1. The molecule has 0 aliphatic carbocycles. The third-order valence-electron chi connectivity index (χ3n) is 3.49. The van der Waals surface area contributed by atoms with E-state index in [1.165, 1.54) is 6.42 Å². The van der Waals surface area contributed by atoms with E-state index >= 15 is 0 Å². The summed E-state index contributed by atoms with van der Waals surface area (Å²) < 4.78 is 26.2. The fourth-order valence-corrected chi connectivity index (χ4v) is 3.56. The summed E-state index contributed by atoms with van der Waals surface area (Å²) in [7, 11) is -1.23. The van der Waals surface area contributed by atoms with E-state index < -0.39 is 10.0 Å². The van der Waals surface area contributed by atoms with Crippen LogP contribution in [0.25, 0.3) is 0 Å². The SMILES string of the molecule is CCNS(=O)(=O)c1ccc(NC2CCCN(C)C2)cc1. The molecular formula is C14H23N3O2S. The average molecular weight is 297 g/mol. The lowest BCUT2D eigenvalue weighted by atomic mass is 10.1. The molecule has 1 fully saturated rings. The van der Waals surface area contributed by atoms with E-state index in [2.05, 4.69) is 22.0 Å². The molecule has 5 nitrogen and oxygen atoms in total. The first kappa shape index (κ1) is 15.3. The largest absolute Gasteiger partial charge is 0.381 e. The van der Waals surface area contributed by atoms with Gasteiger partial charge in [0.05, 0.1) is 4.90 Å². The number of hydrogen-bond donors (Lipinski definition) is 2. The van der Waals surface area contributed by atoms with Crippen molar-refractivity contribution >= 4 is 15.7 Å². The Hall–Kier alpha value is -1.11. The molecule has 0 spiro atoms. The highest BCUT2D eigenvalue weighted by Crippen LogP contribution is 2.17. The van der Waals surface area contributed by atoms with Crippen molar-refractivity contribution in [1.82, 2.24) is 9.62 Å². The topological polar surface area (TPSA) is 61.4 Å². The van der Waals surface area contributed by atoms with Crippen LogP contribution in [0.15, 0.2) is 29.2 Å². The number of sulfonamides is 1. The minimum atomic E-state index is -3.35. The molecule has 0 saturated carbocycles. The number of piperidine rings is 1. The molecule has 1 unspecified atom stereocenters. The lowest BCUT2D eigenvalue weighted by molar-refractivity contribution is 0.261. The highest BCUT2D eigenvalue weighted by atomic mass is 32.2. The summed E-state index contributed by atoms with van der Waals surface area (Å²) in [5.41, 5.74) is 0.973. The van der Waals surface area contributed by atoms with Gasteiger partial charge in [-0.2, -0.15) is 0 Å². The Morgan fingerprint density at radius 3 is 2.60 bits per heavy atom. The molecule has 1 aromatic rings. The molecule has 0 bridgehead atoms. The first-order valence-corrected chi connectivity index (χ1v) is 8.54. The van der Waals surface area contributed by atoms with Gasteiger partial charge in [0, 0.05) is 24.8 Å². The molecular weight excluding hydrogens is 274 g/mol. The maximum atomic E-state index is 11.8. The van der Waals surface area contributed by atoms with E-state index in [9.17, 15) is 8.42 Å². The first-order valence-electron chi connectivity index (χ1n) is 7.06. The molecule has 2 N–H and O–H groups in total. The number of rotatable bonds is 5. The lowest BCUT2D eigenvalue weighted by Gasteiger charge is -2.30. The van der Waals surface area contributed by atoms with Crippen molar-refractivity contribution in [1.29, 1.82) is 0 Å². The summed E-state index contributed by atoms with van der Waals surface area (Å²) >= 11 is 0. The van der Waals surface area contributed by atoms with E-state index in [0.717, 1.165) is 25.2 Å². The standard InChI is InChI=1S/C14H23N3O2S/c1-3-15-20(18,19)14-8-6-12(7-9-14)16-13-5-4-10-17(2)11-13/h6-9,13,15-16H,3-5,10-11H2,1-2H3. The highest BCUT2D eigenvalue weighted by Gasteiger charge is 2.17. The fourth-order valence-electron chi connectivity index (χ4n) is 2.52. The molecule has 6 heteroatoms. The number of nitrogens with one attached hydrogen (secondary N) is 2. The monoisotopic (exact) mass is 297 g/mol. The van der Waals surface area contributed by atoms with Crippen molar-refractivity contribution in [2.45, 2.75) is 30.7 Å². The number of anilines is 1. The van der Waals surface area contributed by atoms with Crippen molar-refractivity contribution in [3.63, 3.8) is 0 Å². The van der Waals surface area contributed by atoms with E-state index in [0.29, 0.717) is 17.5 Å². The maximum Gasteiger partial charge on any atom is 0.240 e. The molecule has 1 saturated heterocycles. The van der Waals surface area contributed by atoms with Crippen LogP contribution in [0.2, 0.25) is 0 Å². The summed E-state index contributed by atoms with van der Waals surface area (Å²) in [5, 5.41) is 3.47. The smallest absolute Gasteiger partial charge is 0.240 e. The summed E-state index contributed by atoms with van der Waals surface area (Å²) in [5.74, 6) is 0. The normalized spacial score (nSPS) is 20.8. The van der Waals surface area contributed by atoms with Crippen LogP contribution in [0.1, 0.15) is 19.8 Å². The van der Waals surface area contributed by atoms with Crippen LogP contribution in [0.4, 0.5) is 5.69 Å². The Balaban J connectivity index is 2.01.